The summed E-state index contributed by atoms with van der Waals surface area (Å²) in [5, 5.41) is 3.09. The molecule has 0 atom stereocenters. The summed E-state index contributed by atoms with van der Waals surface area (Å²) in [7, 11) is 0. The van der Waals surface area contributed by atoms with Crippen molar-refractivity contribution in [3.05, 3.63) is 46.1 Å². The first-order chi connectivity index (χ1) is 8.95. The molecule has 2 aromatic rings. The number of hydrogen-bond acceptors (Lipinski definition) is 3. The largest absolute Gasteiger partial charge is 0.340 e. The van der Waals surface area contributed by atoms with Gasteiger partial charge in [0.15, 0.2) is 0 Å². The molecule has 0 aliphatic heterocycles. The topological polar surface area (TPSA) is 37.8 Å². The second kappa shape index (κ2) is 5.65. The zero-order valence-electron chi connectivity index (χ0n) is 11.0. The highest BCUT2D eigenvalue weighted by atomic mass is 79.9. The number of rotatable bonds is 3. The molecule has 0 bridgehead atoms. The molecule has 0 fully saturated rings. The Morgan fingerprint density at radius 3 is 2.58 bits per heavy atom. The minimum Gasteiger partial charge on any atom is -0.340 e. The van der Waals surface area contributed by atoms with E-state index in [4.69, 9.17) is 0 Å². The van der Waals surface area contributed by atoms with Gasteiger partial charge in [0.05, 0.1) is 0 Å². The number of aryl methyl sites for hydroxylation is 1. The fourth-order valence-corrected chi connectivity index (χ4v) is 1.97. The minimum absolute atomic E-state index is 0.229. The van der Waals surface area contributed by atoms with Gasteiger partial charge in [0, 0.05) is 17.7 Å². The van der Waals surface area contributed by atoms with Crippen LogP contribution in [0, 0.1) is 12.7 Å². The predicted octanol–water partition coefficient (Wildman–Crippen LogP) is 4.55. The monoisotopic (exact) mass is 323 g/mol. The van der Waals surface area contributed by atoms with Gasteiger partial charge in [-0.2, -0.15) is 0 Å². The normalized spacial score (nSPS) is 10.8. The summed E-state index contributed by atoms with van der Waals surface area (Å²) >= 11 is 3.36. The minimum atomic E-state index is -0.234. The van der Waals surface area contributed by atoms with Crippen molar-refractivity contribution in [2.45, 2.75) is 26.7 Å². The number of benzene rings is 1. The van der Waals surface area contributed by atoms with Crippen LogP contribution in [0.1, 0.15) is 31.2 Å². The maximum atomic E-state index is 13.5. The van der Waals surface area contributed by atoms with Gasteiger partial charge >= 0.3 is 0 Å². The molecule has 0 saturated carbocycles. The summed E-state index contributed by atoms with van der Waals surface area (Å²) in [6.07, 6.45) is 0. The lowest BCUT2D eigenvalue weighted by Gasteiger charge is -2.10. The molecule has 0 saturated heterocycles. The van der Waals surface area contributed by atoms with Gasteiger partial charge in [0.2, 0.25) is 0 Å². The summed E-state index contributed by atoms with van der Waals surface area (Å²) in [5.41, 5.74) is 1.29. The number of nitrogens with one attached hydrogen (secondary N) is 1. The number of aromatic nitrogens is 2. The molecule has 1 aromatic carbocycles. The van der Waals surface area contributed by atoms with Gasteiger partial charge in [0.1, 0.15) is 22.1 Å². The highest BCUT2D eigenvalue weighted by Gasteiger charge is 2.07. The van der Waals surface area contributed by atoms with E-state index >= 15 is 0 Å². The lowest BCUT2D eigenvalue weighted by atomic mass is 10.2. The maximum absolute atomic E-state index is 13.5. The van der Waals surface area contributed by atoms with Gasteiger partial charge in [-0.15, -0.1) is 0 Å². The lowest BCUT2D eigenvalue weighted by molar-refractivity contribution is 0.619. The van der Waals surface area contributed by atoms with Crippen LogP contribution < -0.4 is 5.32 Å². The Balaban J connectivity index is 2.29. The molecular formula is C14H15BrFN3. The van der Waals surface area contributed by atoms with Crippen molar-refractivity contribution in [2.24, 2.45) is 0 Å². The number of nitrogens with zero attached hydrogens (tertiary/aromatic N) is 2. The highest BCUT2D eigenvalue weighted by molar-refractivity contribution is 9.10. The molecule has 19 heavy (non-hydrogen) atoms. The van der Waals surface area contributed by atoms with E-state index in [2.05, 4.69) is 31.2 Å². The Hall–Kier alpha value is -1.49. The summed E-state index contributed by atoms with van der Waals surface area (Å²) in [5.74, 6) is 1.38. The average molecular weight is 324 g/mol. The van der Waals surface area contributed by atoms with Crippen molar-refractivity contribution in [2.75, 3.05) is 5.32 Å². The van der Waals surface area contributed by atoms with E-state index in [0.717, 1.165) is 5.82 Å². The standard InChI is InChI=1S/C14H15BrFN3/c1-8(2)14-18-12(15)7-13(19-14)17-10-5-4-9(3)11(16)6-10/h4-8H,1-3H3,(H,17,18,19). The van der Waals surface area contributed by atoms with Crippen LogP contribution in [0.4, 0.5) is 15.9 Å². The van der Waals surface area contributed by atoms with Crippen LogP contribution in [0.25, 0.3) is 0 Å². The molecule has 0 spiro atoms. The van der Waals surface area contributed by atoms with Gasteiger partial charge in [0.25, 0.3) is 0 Å². The molecule has 0 radical (unpaired) electrons. The van der Waals surface area contributed by atoms with Crippen LogP contribution >= 0.6 is 15.9 Å². The van der Waals surface area contributed by atoms with Crippen molar-refractivity contribution >= 4 is 27.4 Å². The van der Waals surface area contributed by atoms with Crippen LogP contribution in [0.15, 0.2) is 28.9 Å². The quantitative estimate of drug-likeness (QED) is 0.842. The number of anilines is 2. The summed E-state index contributed by atoms with van der Waals surface area (Å²) in [6, 6.07) is 6.78. The van der Waals surface area contributed by atoms with Crippen molar-refractivity contribution in [1.82, 2.24) is 9.97 Å². The van der Waals surface area contributed by atoms with Crippen LogP contribution in [-0.2, 0) is 0 Å². The van der Waals surface area contributed by atoms with Gasteiger partial charge in [-0.1, -0.05) is 19.9 Å². The molecule has 3 nitrogen and oxygen atoms in total. The Bertz CT molecular complexity index is 599. The Morgan fingerprint density at radius 1 is 1.21 bits per heavy atom. The molecule has 100 valence electrons. The molecular weight excluding hydrogens is 309 g/mol. The van der Waals surface area contributed by atoms with E-state index in [1.165, 1.54) is 6.07 Å². The molecule has 1 aromatic heterocycles. The first-order valence-corrected chi connectivity index (χ1v) is 6.82. The van der Waals surface area contributed by atoms with Crippen molar-refractivity contribution in [3.63, 3.8) is 0 Å². The fourth-order valence-electron chi connectivity index (χ4n) is 1.58. The molecule has 2 rings (SSSR count). The SMILES string of the molecule is Cc1ccc(Nc2cc(Br)nc(C(C)C)n2)cc1F. The van der Waals surface area contributed by atoms with Crippen LogP contribution in [0.2, 0.25) is 0 Å². The van der Waals surface area contributed by atoms with Crippen molar-refractivity contribution in [1.29, 1.82) is 0 Å². The highest BCUT2D eigenvalue weighted by Crippen LogP contribution is 2.22. The van der Waals surface area contributed by atoms with Crippen LogP contribution in [0.5, 0.6) is 0 Å². The third kappa shape index (κ3) is 3.50. The van der Waals surface area contributed by atoms with E-state index in [1.54, 1.807) is 19.1 Å². The second-order valence-electron chi connectivity index (χ2n) is 4.68. The van der Waals surface area contributed by atoms with Gasteiger partial charge in [-0.3, -0.25) is 0 Å². The third-order valence-electron chi connectivity index (χ3n) is 2.67. The second-order valence-corrected chi connectivity index (χ2v) is 5.49. The molecule has 5 heteroatoms. The first-order valence-electron chi connectivity index (χ1n) is 6.03. The summed E-state index contributed by atoms with van der Waals surface area (Å²) < 4.78 is 14.2. The average Bonchev–Trinajstić information content (AvgIpc) is 2.33. The fraction of sp³-hybridized carbons (Fsp3) is 0.286. The van der Waals surface area contributed by atoms with E-state index in [9.17, 15) is 4.39 Å². The molecule has 0 aliphatic rings. The third-order valence-corrected chi connectivity index (χ3v) is 3.08. The number of hydrogen-bond donors (Lipinski definition) is 1. The van der Waals surface area contributed by atoms with Crippen LogP contribution in [-0.4, -0.2) is 9.97 Å². The zero-order valence-corrected chi connectivity index (χ0v) is 12.6. The maximum Gasteiger partial charge on any atom is 0.135 e. The van der Waals surface area contributed by atoms with Crippen molar-refractivity contribution in [3.8, 4) is 0 Å². The molecule has 1 heterocycles. The molecule has 0 unspecified atom stereocenters. The Labute approximate surface area is 120 Å². The Kier molecular flexibility index (Phi) is 4.14. The molecule has 1 N–H and O–H groups in total. The summed E-state index contributed by atoms with van der Waals surface area (Å²) in [6.45, 7) is 5.78. The Morgan fingerprint density at radius 2 is 1.95 bits per heavy atom. The van der Waals surface area contributed by atoms with E-state index in [-0.39, 0.29) is 11.7 Å². The van der Waals surface area contributed by atoms with E-state index < -0.39 is 0 Å². The zero-order chi connectivity index (χ0) is 14.0. The van der Waals surface area contributed by atoms with Gasteiger partial charge in [-0.25, -0.2) is 14.4 Å². The summed E-state index contributed by atoms with van der Waals surface area (Å²) in [4.78, 5) is 8.70. The van der Waals surface area contributed by atoms with E-state index in [1.807, 2.05) is 19.9 Å². The van der Waals surface area contributed by atoms with Gasteiger partial charge in [-0.05, 0) is 40.5 Å². The van der Waals surface area contributed by atoms with Crippen LogP contribution in [0.3, 0.4) is 0 Å². The lowest BCUT2D eigenvalue weighted by Crippen LogP contribution is -2.02. The predicted molar refractivity (Wildman–Crippen MR) is 78.2 cm³/mol. The number of halogens is 2. The van der Waals surface area contributed by atoms with Gasteiger partial charge < -0.3 is 5.32 Å². The first kappa shape index (κ1) is 13.9. The smallest absolute Gasteiger partial charge is 0.135 e. The molecule has 0 amide bonds. The van der Waals surface area contributed by atoms with Crippen molar-refractivity contribution < 1.29 is 4.39 Å². The molecule has 0 aliphatic carbocycles. The van der Waals surface area contributed by atoms with E-state index in [0.29, 0.717) is 21.7 Å².